The number of hydrogen-bond acceptors (Lipinski definition) is 5. The Balaban J connectivity index is 2.98. The lowest BCUT2D eigenvalue weighted by Gasteiger charge is -2.30. The summed E-state index contributed by atoms with van der Waals surface area (Å²) in [7, 11) is 1.49. The maximum atomic E-state index is 13.0. The molecule has 0 bridgehead atoms. The molecule has 1 rings (SSSR count). The Morgan fingerprint density at radius 2 is 1.92 bits per heavy atom. The van der Waals surface area contributed by atoms with E-state index in [-0.39, 0.29) is 5.92 Å². The van der Waals surface area contributed by atoms with Gasteiger partial charge >= 0.3 is 6.09 Å². The van der Waals surface area contributed by atoms with Crippen molar-refractivity contribution in [2.75, 3.05) is 7.11 Å². The molecule has 0 saturated heterocycles. The zero-order valence-corrected chi connectivity index (χ0v) is 16.9. The third-order valence-corrected chi connectivity index (χ3v) is 3.88. The van der Waals surface area contributed by atoms with Crippen molar-refractivity contribution in [3.05, 3.63) is 11.8 Å². The second kappa shape index (κ2) is 9.05. The fourth-order valence-corrected chi connectivity index (χ4v) is 2.86. The van der Waals surface area contributed by atoms with Crippen molar-refractivity contribution in [1.82, 2.24) is 10.2 Å². The largest absolute Gasteiger partial charge is 0.499 e. The molecule has 0 aromatic heterocycles. The van der Waals surface area contributed by atoms with E-state index in [2.05, 4.69) is 5.32 Å². The summed E-state index contributed by atoms with van der Waals surface area (Å²) in [5.74, 6) is -0.103. The number of hydrogen-bond donors (Lipinski definition) is 1. The molecule has 1 aliphatic rings. The van der Waals surface area contributed by atoms with Crippen LogP contribution in [0.2, 0.25) is 0 Å². The highest BCUT2D eigenvalue weighted by molar-refractivity contribution is 6.06. The van der Waals surface area contributed by atoms with Gasteiger partial charge < -0.3 is 14.8 Å². The number of nitrogens with zero attached hydrogens (tertiary/aromatic N) is 1. The average Bonchev–Trinajstić information content (AvgIpc) is 2.79. The number of rotatable bonds is 7. The maximum absolute atomic E-state index is 13.0. The van der Waals surface area contributed by atoms with Gasteiger partial charge in [-0.1, -0.05) is 27.2 Å². The third-order valence-electron chi connectivity index (χ3n) is 3.88. The Labute approximate surface area is 156 Å². The van der Waals surface area contributed by atoms with Crippen molar-refractivity contribution in [1.29, 1.82) is 0 Å². The highest BCUT2D eigenvalue weighted by Gasteiger charge is 2.41. The number of carbonyl (C=O) groups is 3. The normalized spacial score (nSPS) is 18.6. The topological polar surface area (TPSA) is 84.9 Å². The Hall–Kier alpha value is -2.05. The molecule has 0 fully saturated rings. The van der Waals surface area contributed by atoms with E-state index in [1.807, 2.05) is 20.8 Å². The Bertz CT molecular complexity index is 563. The predicted molar refractivity (Wildman–Crippen MR) is 98.3 cm³/mol. The van der Waals surface area contributed by atoms with E-state index in [1.54, 1.807) is 20.8 Å². The van der Waals surface area contributed by atoms with Gasteiger partial charge in [-0.3, -0.25) is 14.5 Å². The van der Waals surface area contributed by atoms with E-state index in [0.29, 0.717) is 25.0 Å². The minimum absolute atomic E-state index is 0.267. The summed E-state index contributed by atoms with van der Waals surface area (Å²) in [5, 5.41) is 2.61. The zero-order valence-electron chi connectivity index (χ0n) is 16.9. The first-order valence-electron chi connectivity index (χ1n) is 9.12. The molecule has 1 N–H and O–H groups in total. The molecule has 0 radical (unpaired) electrons. The standard InChI is InChI=1S/C19H32N2O5/c1-8-9-13(20-18(24)26-19(4,5)6)17(23)21-14(10-12(2)3)15(25-7)11-16(21)22/h11-14H,8-10H2,1-7H3,(H,20,24)/t13-,14+/m0/s1. The molecule has 0 saturated carbocycles. The minimum atomic E-state index is -0.821. The molecule has 0 unspecified atom stereocenters. The van der Waals surface area contributed by atoms with Crippen LogP contribution in [0.1, 0.15) is 60.8 Å². The van der Waals surface area contributed by atoms with Gasteiger partial charge in [0, 0.05) is 6.08 Å². The van der Waals surface area contributed by atoms with Crippen LogP contribution in [0.15, 0.2) is 11.8 Å². The lowest BCUT2D eigenvalue weighted by molar-refractivity contribution is -0.145. The van der Waals surface area contributed by atoms with Gasteiger partial charge in [0.05, 0.1) is 13.2 Å². The van der Waals surface area contributed by atoms with Gasteiger partial charge in [0.25, 0.3) is 11.8 Å². The molecule has 3 amide bonds. The third kappa shape index (κ3) is 6.04. The summed E-state index contributed by atoms with van der Waals surface area (Å²) < 4.78 is 10.5. The molecule has 0 aromatic carbocycles. The van der Waals surface area contributed by atoms with Gasteiger partial charge in [-0.2, -0.15) is 0 Å². The second-order valence-electron chi connectivity index (χ2n) is 7.93. The van der Waals surface area contributed by atoms with Crippen LogP contribution in [-0.2, 0) is 19.1 Å². The first kappa shape index (κ1) is 22.0. The molecule has 7 nitrogen and oxygen atoms in total. The summed E-state index contributed by atoms with van der Waals surface area (Å²) in [6.45, 7) is 11.2. The number of alkyl carbamates (subject to hydrolysis) is 1. The fraction of sp³-hybridized carbons (Fsp3) is 0.737. The number of methoxy groups -OCH3 is 1. The van der Waals surface area contributed by atoms with Gasteiger partial charge in [0.2, 0.25) is 0 Å². The first-order chi connectivity index (χ1) is 12.0. The van der Waals surface area contributed by atoms with Crippen molar-refractivity contribution in [3.8, 4) is 0 Å². The summed E-state index contributed by atoms with van der Waals surface area (Å²) in [6, 6.07) is -1.27. The van der Waals surface area contributed by atoms with Crippen molar-refractivity contribution >= 4 is 17.9 Å². The summed E-state index contributed by atoms with van der Waals surface area (Å²) in [4.78, 5) is 38.8. The van der Waals surface area contributed by atoms with Gasteiger partial charge in [0.15, 0.2) is 0 Å². The number of imide groups is 1. The second-order valence-corrected chi connectivity index (χ2v) is 7.93. The van der Waals surface area contributed by atoms with Crippen LogP contribution in [0.3, 0.4) is 0 Å². The fourth-order valence-electron chi connectivity index (χ4n) is 2.86. The van der Waals surface area contributed by atoms with Gasteiger partial charge in [-0.15, -0.1) is 0 Å². The summed E-state index contributed by atoms with van der Waals surface area (Å²) in [6.07, 6.45) is 2.37. The number of amides is 3. The zero-order chi connectivity index (χ0) is 20.1. The first-order valence-corrected chi connectivity index (χ1v) is 9.12. The van der Waals surface area contributed by atoms with Crippen molar-refractivity contribution in [2.45, 2.75) is 78.5 Å². The molecule has 0 aliphatic carbocycles. The van der Waals surface area contributed by atoms with E-state index in [9.17, 15) is 14.4 Å². The Morgan fingerprint density at radius 1 is 1.31 bits per heavy atom. The van der Waals surface area contributed by atoms with Gasteiger partial charge in [-0.25, -0.2) is 4.79 Å². The highest BCUT2D eigenvalue weighted by atomic mass is 16.6. The number of nitrogens with one attached hydrogen (secondary N) is 1. The molecule has 0 aromatic rings. The van der Waals surface area contributed by atoms with Crippen LogP contribution < -0.4 is 5.32 Å². The van der Waals surface area contributed by atoms with Crippen molar-refractivity contribution < 1.29 is 23.9 Å². The Kier molecular flexibility index (Phi) is 7.66. The van der Waals surface area contributed by atoms with E-state index in [4.69, 9.17) is 9.47 Å². The van der Waals surface area contributed by atoms with E-state index in [1.165, 1.54) is 18.1 Å². The molecular weight excluding hydrogens is 336 g/mol. The van der Waals surface area contributed by atoms with E-state index < -0.39 is 35.6 Å². The van der Waals surface area contributed by atoms with Crippen LogP contribution in [-0.4, -0.2) is 47.6 Å². The number of carbonyl (C=O) groups excluding carboxylic acids is 3. The molecule has 0 spiro atoms. The minimum Gasteiger partial charge on any atom is -0.499 e. The summed E-state index contributed by atoms with van der Waals surface area (Å²) >= 11 is 0. The SMILES string of the molecule is CCC[C@H](NC(=O)OC(C)(C)C)C(=O)N1C(=O)C=C(OC)[C@H]1CC(C)C. The monoisotopic (exact) mass is 368 g/mol. The molecule has 26 heavy (non-hydrogen) atoms. The van der Waals surface area contributed by atoms with Crippen LogP contribution >= 0.6 is 0 Å². The molecule has 148 valence electrons. The molecule has 2 atom stereocenters. The van der Waals surface area contributed by atoms with Crippen LogP contribution in [0.4, 0.5) is 4.79 Å². The van der Waals surface area contributed by atoms with Gasteiger partial charge in [-0.05, 0) is 39.5 Å². The van der Waals surface area contributed by atoms with E-state index in [0.717, 1.165) is 0 Å². The van der Waals surface area contributed by atoms with E-state index >= 15 is 0 Å². The van der Waals surface area contributed by atoms with Crippen LogP contribution in [0.25, 0.3) is 0 Å². The van der Waals surface area contributed by atoms with Crippen molar-refractivity contribution in [3.63, 3.8) is 0 Å². The average molecular weight is 368 g/mol. The maximum Gasteiger partial charge on any atom is 0.408 e. The number of ether oxygens (including phenoxy) is 2. The lowest BCUT2D eigenvalue weighted by Crippen LogP contribution is -2.53. The highest BCUT2D eigenvalue weighted by Crippen LogP contribution is 2.27. The molecule has 1 heterocycles. The van der Waals surface area contributed by atoms with Crippen LogP contribution in [0.5, 0.6) is 0 Å². The quantitative estimate of drug-likeness (QED) is 0.747. The molecule has 7 heteroatoms. The van der Waals surface area contributed by atoms with Crippen molar-refractivity contribution in [2.24, 2.45) is 5.92 Å². The van der Waals surface area contributed by atoms with Crippen LogP contribution in [0, 0.1) is 5.92 Å². The molecule has 1 aliphatic heterocycles. The Morgan fingerprint density at radius 3 is 2.38 bits per heavy atom. The van der Waals surface area contributed by atoms with Gasteiger partial charge in [0.1, 0.15) is 17.4 Å². The summed E-state index contributed by atoms with van der Waals surface area (Å²) in [5.41, 5.74) is -0.668. The predicted octanol–water partition coefficient (Wildman–Crippen LogP) is 2.99. The smallest absolute Gasteiger partial charge is 0.408 e. The molecular formula is C19H32N2O5. The lowest BCUT2D eigenvalue weighted by atomic mass is 10.0.